The second-order valence-corrected chi connectivity index (χ2v) is 4.13. The van der Waals surface area contributed by atoms with Gasteiger partial charge in [-0.15, -0.1) is 5.10 Å². The van der Waals surface area contributed by atoms with Crippen LogP contribution in [0.2, 0.25) is 0 Å². The minimum atomic E-state index is -1.16. The quantitative estimate of drug-likeness (QED) is 0.736. The van der Waals surface area contributed by atoms with Crippen LogP contribution < -0.4 is 0 Å². The summed E-state index contributed by atoms with van der Waals surface area (Å²) in [5.74, 6) is -0.409. The maximum atomic E-state index is 11.5. The number of hydrogen-bond acceptors (Lipinski definition) is 5. The lowest BCUT2D eigenvalue weighted by Crippen LogP contribution is -2.10. The van der Waals surface area contributed by atoms with Crippen LogP contribution in [0.1, 0.15) is 5.76 Å². The Morgan fingerprint density at radius 3 is 2.67 bits per heavy atom. The van der Waals surface area contributed by atoms with Crippen molar-refractivity contribution >= 4 is 17.7 Å². The van der Waals surface area contributed by atoms with Gasteiger partial charge in [0.25, 0.3) is 0 Å². The first kappa shape index (κ1) is 12.8. The van der Waals surface area contributed by atoms with Gasteiger partial charge < -0.3 is 9.52 Å². The fourth-order valence-electron chi connectivity index (χ4n) is 1.84. The summed E-state index contributed by atoms with van der Waals surface area (Å²) in [5, 5.41) is 20.6. The van der Waals surface area contributed by atoms with Crippen molar-refractivity contribution < 1.29 is 14.3 Å². The van der Waals surface area contributed by atoms with Crippen molar-refractivity contribution in [2.45, 2.75) is 0 Å². The van der Waals surface area contributed by atoms with Crippen LogP contribution in [-0.4, -0.2) is 31.3 Å². The first-order valence-electron chi connectivity index (χ1n) is 6.08. The van der Waals surface area contributed by atoms with Gasteiger partial charge in [-0.05, 0) is 22.6 Å². The minimum Gasteiger partial charge on any atom is -0.477 e. The van der Waals surface area contributed by atoms with E-state index in [1.807, 2.05) is 18.2 Å². The number of carboxylic acid groups (broad SMARTS) is 1. The first-order chi connectivity index (χ1) is 10.3. The number of aromatic nitrogens is 4. The number of carboxylic acids is 1. The number of carbonyl (C=O) groups is 1. The van der Waals surface area contributed by atoms with Crippen molar-refractivity contribution in [3.63, 3.8) is 0 Å². The molecule has 0 aliphatic rings. The fourth-order valence-corrected chi connectivity index (χ4v) is 1.84. The van der Waals surface area contributed by atoms with Gasteiger partial charge in [-0.25, -0.2) is 4.79 Å². The first-order valence-corrected chi connectivity index (χ1v) is 6.08. The van der Waals surface area contributed by atoms with Crippen LogP contribution in [0, 0.1) is 0 Å². The fraction of sp³-hybridized carbons (Fsp3) is 0. The molecular formula is C14H10N4O3. The Bertz CT molecular complexity index is 776. The average molecular weight is 282 g/mol. The minimum absolute atomic E-state index is 0.103. The van der Waals surface area contributed by atoms with Crippen LogP contribution in [0.4, 0.5) is 0 Å². The smallest absolute Gasteiger partial charge is 0.354 e. The zero-order chi connectivity index (χ0) is 14.7. The lowest BCUT2D eigenvalue weighted by atomic mass is 10.2. The molecule has 1 aromatic carbocycles. The molecule has 0 unspecified atom stereocenters. The van der Waals surface area contributed by atoms with Crippen LogP contribution in [-0.2, 0) is 4.79 Å². The van der Waals surface area contributed by atoms with E-state index in [-0.39, 0.29) is 5.70 Å². The topological polar surface area (TPSA) is 94.0 Å². The van der Waals surface area contributed by atoms with Crippen LogP contribution in [0.5, 0.6) is 0 Å². The highest BCUT2D eigenvalue weighted by atomic mass is 16.4. The molecule has 1 N–H and O–H groups in total. The Morgan fingerprint density at radius 2 is 2.00 bits per heavy atom. The Morgan fingerprint density at radius 1 is 1.19 bits per heavy atom. The van der Waals surface area contributed by atoms with Gasteiger partial charge in [0, 0.05) is 11.6 Å². The van der Waals surface area contributed by atoms with E-state index >= 15 is 0 Å². The number of rotatable bonds is 4. The van der Waals surface area contributed by atoms with E-state index in [0.29, 0.717) is 17.1 Å². The second kappa shape index (κ2) is 5.41. The molecule has 0 aliphatic carbocycles. The maximum Gasteiger partial charge on any atom is 0.354 e. The Labute approximate surface area is 119 Å². The zero-order valence-electron chi connectivity index (χ0n) is 10.7. The molecule has 3 rings (SSSR count). The molecule has 7 heteroatoms. The van der Waals surface area contributed by atoms with Gasteiger partial charge in [0.15, 0.2) is 11.5 Å². The Hall–Kier alpha value is -3.22. The van der Waals surface area contributed by atoms with Gasteiger partial charge in [0.2, 0.25) is 0 Å². The molecule has 0 fully saturated rings. The summed E-state index contributed by atoms with van der Waals surface area (Å²) in [6.45, 7) is 0. The predicted octanol–water partition coefficient (Wildman–Crippen LogP) is 2.02. The summed E-state index contributed by atoms with van der Waals surface area (Å²) in [5.41, 5.74) is 0.614. The van der Waals surface area contributed by atoms with Crippen LogP contribution in [0.25, 0.3) is 23.2 Å². The molecule has 0 saturated carbocycles. The van der Waals surface area contributed by atoms with Gasteiger partial charge in [0.1, 0.15) is 5.76 Å². The standard InChI is InChI=1S/C14H10N4O3/c19-14(20)12(9-11-7-4-8-21-11)18-13(15-16-17-18)10-5-2-1-3-6-10/h1-9H,(H,19,20). The van der Waals surface area contributed by atoms with Gasteiger partial charge >= 0.3 is 5.97 Å². The summed E-state index contributed by atoms with van der Waals surface area (Å²) >= 11 is 0. The second-order valence-electron chi connectivity index (χ2n) is 4.13. The van der Waals surface area contributed by atoms with E-state index in [1.54, 1.807) is 24.3 Å². The number of nitrogens with zero attached hydrogens (tertiary/aromatic N) is 4. The lowest BCUT2D eigenvalue weighted by molar-refractivity contribution is -0.130. The Balaban J connectivity index is 2.11. The molecule has 104 valence electrons. The molecule has 0 spiro atoms. The number of tetrazole rings is 1. The van der Waals surface area contributed by atoms with Crippen LogP contribution >= 0.6 is 0 Å². The summed E-state index contributed by atoms with van der Waals surface area (Å²) in [6, 6.07) is 12.4. The van der Waals surface area contributed by atoms with Crippen LogP contribution in [0.3, 0.4) is 0 Å². The van der Waals surface area contributed by atoms with Gasteiger partial charge in [-0.3, -0.25) is 0 Å². The number of benzene rings is 1. The molecule has 0 amide bonds. The molecule has 0 atom stereocenters. The summed E-state index contributed by atoms with van der Waals surface area (Å²) in [4.78, 5) is 11.5. The molecule has 0 bridgehead atoms. The molecule has 3 aromatic rings. The molecule has 0 aliphatic heterocycles. The van der Waals surface area contributed by atoms with E-state index in [0.717, 1.165) is 0 Å². The highest BCUT2D eigenvalue weighted by Crippen LogP contribution is 2.20. The molecule has 0 saturated heterocycles. The van der Waals surface area contributed by atoms with Gasteiger partial charge in [0.05, 0.1) is 6.26 Å². The third-order valence-electron chi connectivity index (χ3n) is 2.77. The van der Waals surface area contributed by atoms with E-state index < -0.39 is 5.97 Å². The molecule has 0 radical (unpaired) electrons. The van der Waals surface area contributed by atoms with Crippen molar-refractivity contribution in [1.82, 2.24) is 20.2 Å². The maximum absolute atomic E-state index is 11.5. The third-order valence-corrected chi connectivity index (χ3v) is 2.77. The summed E-state index contributed by atoms with van der Waals surface area (Å²) in [7, 11) is 0. The largest absolute Gasteiger partial charge is 0.477 e. The molecule has 2 aromatic heterocycles. The highest BCUT2D eigenvalue weighted by Gasteiger charge is 2.18. The van der Waals surface area contributed by atoms with Crippen molar-refractivity contribution in [2.24, 2.45) is 0 Å². The normalized spacial score (nSPS) is 11.5. The summed E-state index contributed by atoms with van der Waals surface area (Å²) in [6.07, 6.45) is 2.83. The monoisotopic (exact) mass is 282 g/mol. The molecule has 21 heavy (non-hydrogen) atoms. The van der Waals surface area contributed by atoms with E-state index in [1.165, 1.54) is 17.0 Å². The average Bonchev–Trinajstić information content (AvgIpc) is 3.17. The number of aliphatic carboxylic acids is 1. The lowest BCUT2D eigenvalue weighted by Gasteiger charge is -2.04. The summed E-state index contributed by atoms with van der Waals surface area (Å²) < 4.78 is 6.30. The molecule has 7 nitrogen and oxygen atoms in total. The number of furan rings is 1. The van der Waals surface area contributed by atoms with Crippen molar-refractivity contribution in [3.05, 3.63) is 54.5 Å². The van der Waals surface area contributed by atoms with Crippen LogP contribution in [0.15, 0.2) is 53.1 Å². The highest BCUT2D eigenvalue weighted by molar-refractivity contribution is 6.14. The number of hydrogen-bond donors (Lipinski definition) is 1. The SMILES string of the molecule is O=C(O)C(=Cc1ccco1)n1nnnc1-c1ccccc1. The van der Waals surface area contributed by atoms with E-state index in [2.05, 4.69) is 15.5 Å². The van der Waals surface area contributed by atoms with E-state index in [9.17, 15) is 9.90 Å². The predicted molar refractivity (Wildman–Crippen MR) is 73.8 cm³/mol. The zero-order valence-corrected chi connectivity index (χ0v) is 10.7. The van der Waals surface area contributed by atoms with Gasteiger partial charge in [-0.2, -0.15) is 4.68 Å². The van der Waals surface area contributed by atoms with Gasteiger partial charge in [-0.1, -0.05) is 30.3 Å². The molecular weight excluding hydrogens is 272 g/mol. The Kier molecular flexibility index (Phi) is 3.30. The van der Waals surface area contributed by atoms with Crippen molar-refractivity contribution in [3.8, 4) is 11.4 Å². The third kappa shape index (κ3) is 2.57. The van der Waals surface area contributed by atoms with Crippen molar-refractivity contribution in [2.75, 3.05) is 0 Å². The van der Waals surface area contributed by atoms with Crippen molar-refractivity contribution in [1.29, 1.82) is 0 Å². The van der Waals surface area contributed by atoms with E-state index in [4.69, 9.17) is 4.42 Å². The molecule has 2 heterocycles.